The molecule has 0 fully saturated rings. The molecule has 0 unspecified atom stereocenters. The third-order valence-electron chi connectivity index (χ3n) is 2.23. The Labute approximate surface area is 90.5 Å². The number of nitrogens with zero attached hydrogens (tertiary/aromatic N) is 5. The molecule has 3 aromatic rings. The molecule has 7 nitrogen and oxygen atoms in total. The molecule has 3 heterocycles. The lowest BCUT2D eigenvalue weighted by Crippen LogP contribution is -2.02. The summed E-state index contributed by atoms with van der Waals surface area (Å²) in [6.07, 6.45) is 8.74. The van der Waals surface area contributed by atoms with Gasteiger partial charge in [0.25, 0.3) is 0 Å². The molecule has 0 bridgehead atoms. The topological polar surface area (TPSA) is 83.8 Å². The van der Waals surface area contributed by atoms with Crippen LogP contribution in [-0.4, -0.2) is 29.8 Å². The smallest absolute Gasteiger partial charge is 0.203 e. The Bertz CT molecular complexity index is 583. The zero-order chi connectivity index (χ0) is 10.8. The van der Waals surface area contributed by atoms with Crippen LogP contribution in [0.2, 0.25) is 0 Å². The van der Waals surface area contributed by atoms with E-state index in [-0.39, 0.29) is 0 Å². The fraction of sp³-hybridized carbons (Fsp3) is 0.111. The third-order valence-corrected chi connectivity index (χ3v) is 2.23. The standard InChI is InChI=1S/C9H9N7/c1-2-16-6-14-15-9(16)8(10-1)11-3-7-4-12-13-5-7/h1-2,4-6H,3H2,(H,10,11)(H,12,13). The molecule has 0 aliphatic heterocycles. The molecule has 80 valence electrons. The molecule has 0 radical (unpaired) electrons. The van der Waals surface area contributed by atoms with E-state index < -0.39 is 0 Å². The number of hydrogen-bond acceptors (Lipinski definition) is 5. The van der Waals surface area contributed by atoms with Crippen molar-refractivity contribution in [1.82, 2.24) is 29.8 Å². The average molecular weight is 215 g/mol. The van der Waals surface area contributed by atoms with E-state index in [1.165, 1.54) is 0 Å². The predicted octanol–water partition coefficient (Wildman–Crippen LogP) is 0.459. The molecule has 0 aliphatic carbocycles. The number of rotatable bonds is 3. The second-order valence-corrected chi connectivity index (χ2v) is 3.30. The fourth-order valence-corrected chi connectivity index (χ4v) is 1.44. The van der Waals surface area contributed by atoms with Gasteiger partial charge in [0.05, 0.1) is 6.20 Å². The van der Waals surface area contributed by atoms with Gasteiger partial charge in [-0.15, -0.1) is 10.2 Å². The van der Waals surface area contributed by atoms with Crippen molar-refractivity contribution in [3.05, 3.63) is 36.7 Å². The molecule has 3 rings (SSSR count). The number of H-pyrrole nitrogens is 1. The zero-order valence-electron chi connectivity index (χ0n) is 8.33. The maximum Gasteiger partial charge on any atom is 0.203 e. The number of anilines is 1. The maximum absolute atomic E-state index is 4.21. The Morgan fingerprint density at radius 2 is 2.44 bits per heavy atom. The van der Waals surface area contributed by atoms with Crippen LogP contribution in [0.15, 0.2) is 31.1 Å². The first-order valence-electron chi connectivity index (χ1n) is 4.79. The van der Waals surface area contributed by atoms with Crippen molar-refractivity contribution in [2.45, 2.75) is 6.54 Å². The van der Waals surface area contributed by atoms with Crippen molar-refractivity contribution < 1.29 is 0 Å². The lowest BCUT2D eigenvalue weighted by atomic mass is 10.3. The van der Waals surface area contributed by atoms with E-state index in [0.717, 1.165) is 5.56 Å². The van der Waals surface area contributed by atoms with Crippen LogP contribution < -0.4 is 5.32 Å². The molecular weight excluding hydrogens is 206 g/mol. The molecule has 7 heteroatoms. The van der Waals surface area contributed by atoms with Crippen molar-refractivity contribution in [1.29, 1.82) is 0 Å². The van der Waals surface area contributed by atoms with Crippen molar-refractivity contribution in [3.63, 3.8) is 0 Å². The summed E-state index contributed by atoms with van der Waals surface area (Å²) in [5.74, 6) is 0.709. The van der Waals surface area contributed by atoms with Crippen molar-refractivity contribution in [2.24, 2.45) is 0 Å². The largest absolute Gasteiger partial charge is 0.363 e. The highest BCUT2D eigenvalue weighted by Gasteiger charge is 2.04. The molecule has 0 saturated carbocycles. The van der Waals surface area contributed by atoms with Gasteiger partial charge >= 0.3 is 0 Å². The minimum atomic E-state index is 0.649. The molecule has 0 spiro atoms. The fourth-order valence-electron chi connectivity index (χ4n) is 1.44. The van der Waals surface area contributed by atoms with Gasteiger partial charge in [0.15, 0.2) is 5.82 Å². The van der Waals surface area contributed by atoms with E-state index in [4.69, 9.17) is 0 Å². The number of fused-ring (bicyclic) bond motifs is 1. The van der Waals surface area contributed by atoms with E-state index >= 15 is 0 Å². The van der Waals surface area contributed by atoms with Crippen LogP contribution in [0.4, 0.5) is 5.82 Å². The minimum absolute atomic E-state index is 0.649. The highest BCUT2D eigenvalue weighted by atomic mass is 15.2. The van der Waals surface area contributed by atoms with Gasteiger partial charge in [-0.25, -0.2) is 4.98 Å². The van der Waals surface area contributed by atoms with Gasteiger partial charge in [0, 0.05) is 30.7 Å². The Morgan fingerprint density at radius 3 is 3.31 bits per heavy atom. The van der Waals surface area contributed by atoms with E-state index in [2.05, 4.69) is 30.7 Å². The van der Waals surface area contributed by atoms with Gasteiger partial charge < -0.3 is 5.32 Å². The Kier molecular flexibility index (Phi) is 1.99. The molecule has 2 N–H and O–H groups in total. The van der Waals surface area contributed by atoms with Crippen LogP contribution in [0.25, 0.3) is 5.65 Å². The summed E-state index contributed by atoms with van der Waals surface area (Å²) in [4.78, 5) is 4.21. The second-order valence-electron chi connectivity index (χ2n) is 3.30. The molecule has 0 amide bonds. The average Bonchev–Trinajstić information content (AvgIpc) is 2.97. The summed E-state index contributed by atoms with van der Waals surface area (Å²) in [5, 5.41) is 17.6. The zero-order valence-corrected chi connectivity index (χ0v) is 8.33. The summed E-state index contributed by atoms with van der Waals surface area (Å²) >= 11 is 0. The highest BCUT2D eigenvalue weighted by Crippen LogP contribution is 2.10. The summed E-state index contributed by atoms with van der Waals surface area (Å²) in [6, 6.07) is 0. The van der Waals surface area contributed by atoms with Gasteiger partial charge in [-0.1, -0.05) is 0 Å². The monoisotopic (exact) mass is 215 g/mol. The number of aromatic amines is 1. The molecule has 0 atom stereocenters. The summed E-state index contributed by atoms with van der Waals surface area (Å²) < 4.78 is 1.81. The van der Waals surface area contributed by atoms with Crippen LogP contribution in [-0.2, 0) is 6.54 Å². The van der Waals surface area contributed by atoms with E-state index in [1.807, 2.05) is 10.6 Å². The van der Waals surface area contributed by atoms with Crippen LogP contribution in [0, 0.1) is 0 Å². The lowest BCUT2D eigenvalue weighted by molar-refractivity contribution is 1.07. The SMILES string of the molecule is c1cn2cnnc2c(NCc2cn[nH]c2)n1. The Morgan fingerprint density at radius 1 is 1.44 bits per heavy atom. The molecule has 0 saturated heterocycles. The first kappa shape index (κ1) is 8.84. The van der Waals surface area contributed by atoms with Gasteiger partial charge in [-0.05, 0) is 0 Å². The number of hydrogen-bond donors (Lipinski definition) is 2. The summed E-state index contributed by atoms with van der Waals surface area (Å²) in [7, 11) is 0. The predicted molar refractivity (Wildman–Crippen MR) is 56.7 cm³/mol. The first-order valence-corrected chi connectivity index (χ1v) is 4.79. The summed E-state index contributed by atoms with van der Waals surface area (Å²) in [5.41, 5.74) is 1.77. The normalized spacial score (nSPS) is 10.8. The number of aromatic nitrogens is 6. The highest BCUT2D eigenvalue weighted by molar-refractivity contribution is 5.61. The summed E-state index contributed by atoms with van der Waals surface area (Å²) in [6.45, 7) is 0.649. The van der Waals surface area contributed by atoms with Crippen LogP contribution in [0.3, 0.4) is 0 Å². The molecular formula is C9H9N7. The van der Waals surface area contributed by atoms with E-state index in [1.54, 1.807) is 24.9 Å². The van der Waals surface area contributed by atoms with Crippen molar-refractivity contribution in [2.75, 3.05) is 5.32 Å². The Hall–Kier alpha value is -2.44. The van der Waals surface area contributed by atoms with Crippen molar-refractivity contribution >= 4 is 11.5 Å². The maximum atomic E-state index is 4.21. The van der Waals surface area contributed by atoms with Crippen LogP contribution >= 0.6 is 0 Å². The molecule has 16 heavy (non-hydrogen) atoms. The van der Waals surface area contributed by atoms with Gasteiger partial charge in [-0.3, -0.25) is 9.50 Å². The van der Waals surface area contributed by atoms with E-state index in [0.29, 0.717) is 18.0 Å². The van der Waals surface area contributed by atoms with Gasteiger partial charge in [0.2, 0.25) is 5.65 Å². The molecule has 0 aromatic carbocycles. The van der Waals surface area contributed by atoms with Crippen molar-refractivity contribution in [3.8, 4) is 0 Å². The molecule has 3 aromatic heterocycles. The quantitative estimate of drug-likeness (QED) is 0.663. The van der Waals surface area contributed by atoms with Gasteiger partial charge in [-0.2, -0.15) is 5.10 Å². The van der Waals surface area contributed by atoms with E-state index in [9.17, 15) is 0 Å². The van der Waals surface area contributed by atoms with Crippen LogP contribution in [0.5, 0.6) is 0 Å². The Balaban J connectivity index is 1.86. The third kappa shape index (κ3) is 1.48. The van der Waals surface area contributed by atoms with Crippen LogP contribution in [0.1, 0.15) is 5.56 Å². The number of nitrogens with one attached hydrogen (secondary N) is 2. The first-order chi connectivity index (χ1) is 7.93. The molecule has 0 aliphatic rings. The minimum Gasteiger partial charge on any atom is -0.363 e. The lowest BCUT2D eigenvalue weighted by Gasteiger charge is -2.03. The van der Waals surface area contributed by atoms with Gasteiger partial charge in [0.1, 0.15) is 6.33 Å². The second kappa shape index (κ2) is 3.61.